The van der Waals surface area contributed by atoms with Crippen molar-refractivity contribution in [2.24, 2.45) is 0 Å². The Morgan fingerprint density at radius 2 is 1.88 bits per heavy atom. The molecule has 0 bridgehead atoms. The highest BCUT2D eigenvalue weighted by Crippen LogP contribution is 2.44. The molecule has 0 spiro atoms. The number of thiophene rings is 1. The van der Waals surface area contributed by atoms with Gasteiger partial charge in [0.25, 0.3) is 0 Å². The van der Waals surface area contributed by atoms with Crippen molar-refractivity contribution in [3.63, 3.8) is 0 Å². The molecule has 0 fully saturated rings. The molecule has 0 aliphatic heterocycles. The molecule has 0 saturated heterocycles. The molecule has 168 valence electrons. The van der Waals surface area contributed by atoms with Gasteiger partial charge < -0.3 is 5.32 Å². The molecule has 2 aromatic carbocycles. The van der Waals surface area contributed by atoms with Crippen molar-refractivity contribution >= 4 is 56.5 Å². The summed E-state index contributed by atoms with van der Waals surface area (Å²) in [6.07, 6.45) is 4.58. The summed E-state index contributed by atoms with van der Waals surface area (Å²) >= 11 is 9.58. The largest absolute Gasteiger partial charge is 0.325 e. The van der Waals surface area contributed by atoms with E-state index < -0.39 is 5.25 Å². The topological polar surface area (TPSA) is 54.9 Å². The molecule has 1 unspecified atom stereocenters. The first-order valence-electron chi connectivity index (χ1n) is 11.1. The quantitative estimate of drug-likeness (QED) is 0.234. The van der Waals surface area contributed by atoms with Gasteiger partial charge in [-0.3, -0.25) is 4.79 Å². The number of hydrogen-bond acceptors (Lipinski definition) is 5. The molecule has 4 aromatic rings. The smallest absolute Gasteiger partial charge is 0.242 e. The predicted molar refractivity (Wildman–Crippen MR) is 139 cm³/mol. The minimum absolute atomic E-state index is 0.0976. The highest BCUT2D eigenvalue weighted by Gasteiger charge is 2.27. The second kappa shape index (κ2) is 9.45. The van der Waals surface area contributed by atoms with E-state index in [4.69, 9.17) is 21.6 Å². The Morgan fingerprint density at radius 1 is 1.09 bits per heavy atom. The van der Waals surface area contributed by atoms with Crippen molar-refractivity contribution in [1.29, 1.82) is 0 Å². The highest BCUT2D eigenvalue weighted by molar-refractivity contribution is 8.00. The molecule has 5 rings (SSSR count). The number of aryl methyl sites for hydroxylation is 4. The second-order valence-electron chi connectivity index (χ2n) is 8.33. The summed E-state index contributed by atoms with van der Waals surface area (Å²) < 4.78 is 0. The molecule has 1 atom stereocenters. The zero-order valence-electron chi connectivity index (χ0n) is 18.5. The van der Waals surface area contributed by atoms with Crippen molar-refractivity contribution in [2.45, 2.75) is 49.8 Å². The van der Waals surface area contributed by atoms with E-state index >= 15 is 0 Å². The van der Waals surface area contributed by atoms with Crippen LogP contribution >= 0.6 is 34.7 Å². The predicted octanol–water partition coefficient (Wildman–Crippen LogP) is 7.31. The zero-order valence-corrected chi connectivity index (χ0v) is 20.9. The minimum atomic E-state index is -0.456. The summed E-state index contributed by atoms with van der Waals surface area (Å²) in [7, 11) is 0. The SMILES string of the molecule is Cc1nc(SC(C(=O)Nc2ccc(C)c(Cl)c2)c2ccccc2)c2c3c(sc2n1)CCCC3. The summed E-state index contributed by atoms with van der Waals surface area (Å²) in [5, 5.41) is 5.27. The van der Waals surface area contributed by atoms with Crippen LogP contribution in [-0.2, 0) is 17.6 Å². The lowest BCUT2D eigenvalue weighted by Gasteiger charge is -2.18. The summed E-state index contributed by atoms with van der Waals surface area (Å²) in [6, 6.07) is 15.5. The number of rotatable bonds is 5. The molecule has 1 N–H and O–H groups in total. The number of nitrogens with zero attached hydrogens (tertiary/aromatic N) is 2. The van der Waals surface area contributed by atoms with Gasteiger partial charge in [-0.2, -0.15) is 0 Å². The van der Waals surface area contributed by atoms with E-state index in [1.807, 2.05) is 56.3 Å². The molecular formula is C26H24ClN3OS2. The summed E-state index contributed by atoms with van der Waals surface area (Å²) in [6.45, 7) is 3.87. The Hall–Kier alpha value is -2.41. The molecule has 2 aromatic heterocycles. The van der Waals surface area contributed by atoms with Crippen LogP contribution in [0.25, 0.3) is 10.2 Å². The van der Waals surface area contributed by atoms with Gasteiger partial charge in [-0.15, -0.1) is 11.3 Å². The third-order valence-electron chi connectivity index (χ3n) is 5.90. The van der Waals surface area contributed by atoms with Gasteiger partial charge >= 0.3 is 0 Å². The fraction of sp³-hybridized carbons (Fsp3) is 0.269. The summed E-state index contributed by atoms with van der Waals surface area (Å²) in [4.78, 5) is 25.6. The van der Waals surface area contributed by atoms with Crippen LogP contribution in [0.15, 0.2) is 53.6 Å². The Bertz CT molecular complexity index is 1340. The van der Waals surface area contributed by atoms with E-state index in [0.29, 0.717) is 10.7 Å². The van der Waals surface area contributed by atoms with E-state index in [1.165, 1.54) is 35.0 Å². The molecule has 0 radical (unpaired) electrons. The fourth-order valence-corrected chi connectivity index (χ4v) is 6.96. The molecule has 4 nitrogen and oxygen atoms in total. The number of halogens is 1. The van der Waals surface area contributed by atoms with Gasteiger partial charge in [-0.25, -0.2) is 9.97 Å². The maximum atomic E-state index is 13.5. The lowest BCUT2D eigenvalue weighted by molar-refractivity contribution is -0.115. The standard InChI is InChI=1S/C26H24ClN3OS2/c1-15-12-13-18(14-20(15)27)30-24(31)23(17-8-4-3-5-9-17)33-26-22-19-10-6-7-11-21(19)32-25(22)28-16(2)29-26/h3-5,8-9,12-14,23H,6-7,10-11H2,1-2H3,(H,30,31). The van der Waals surface area contributed by atoms with Crippen LogP contribution in [0, 0.1) is 13.8 Å². The first-order valence-corrected chi connectivity index (χ1v) is 13.1. The van der Waals surface area contributed by atoms with Gasteiger partial charge in [0, 0.05) is 21.0 Å². The first kappa shape index (κ1) is 22.4. The molecule has 7 heteroatoms. The Balaban J connectivity index is 1.54. The number of nitrogens with one attached hydrogen (secondary N) is 1. The average molecular weight is 494 g/mol. The maximum absolute atomic E-state index is 13.5. The van der Waals surface area contributed by atoms with E-state index in [0.717, 1.165) is 45.0 Å². The Kier molecular flexibility index (Phi) is 6.41. The van der Waals surface area contributed by atoms with Crippen LogP contribution in [0.1, 0.15) is 45.5 Å². The molecule has 1 aliphatic rings. The van der Waals surface area contributed by atoms with Crippen LogP contribution in [-0.4, -0.2) is 15.9 Å². The monoisotopic (exact) mass is 493 g/mol. The molecular weight excluding hydrogens is 470 g/mol. The number of aromatic nitrogens is 2. The lowest BCUT2D eigenvalue weighted by atomic mass is 9.97. The minimum Gasteiger partial charge on any atom is -0.325 e. The van der Waals surface area contributed by atoms with E-state index in [9.17, 15) is 4.79 Å². The van der Waals surface area contributed by atoms with E-state index in [2.05, 4.69) is 5.32 Å². The Labute approximate surface area is 206 Å². The van der Waals surface area contributed by atoms with Crippen LogP contribution in [0.3, 0.4) is 0 Å². The maximum Gasteiger partial charge on any atom is 0.242 e. The van der Waals surface area contributed by atoms with E-state index in [1.54, 1.807) is 17.4 Å². The normalized spacial score (nSPS) is 14.2. The second-order valence-corrected chi connectivity index (χ2v) is 10.9. The van der Waals surface area contributed by atoms with Gasteiger partial charge in [0.05, 0.1) is 0 Å². The number of carbonyl (C=O) groups excluding carboxylic acids is 1. The van der Waals surface area contributed by atoms with Crippen LogP contribution < -0.4 is 5.32 Å². The van der Waals surface area contributed by atoms with Crippen LogP contribution in [0.4, 0.5) is 5.69 Å². The van der Waals surface area contributed by atoms with Crippen molar-refractivity contribution in [3.8, 4) is 0 Å². The molecule has 1 aliphatic carbocycles. The number of benzene rings is 2. The van der Waals surface area contributed by atoms with Crippen LogP contribution in [0.5, 0.6) is 0 Å². The molecule has 1 amide bonds. The molecule has 2 heterocycles. The Morgan fingerprint density at radius 3 is 2.67 bits per heavy atom. The van der Waals surface area contributed by atoms with Gasteiger partial charge in [0.1, 0.15) is 20.9 Å². The van der Waals surface area contributed by atoms with Gasteiger partial charge in [-0.1, -0.05) is 59.8 Å². The van der Waals surface area contributed by atoms with E-state index in [-0.39, 0.29) is 5.91 Å². The highest BCUT2D eigenvalue weighted by atomic mass is 35.5. The van der Waals surface area contributed by atoms with Crippen molar-refractivity contribution in [1.82, 2.24) is 9.97 Å². The fourth-order valence-electron chi connectivity index (χ4n) is 4.20. The third kappa shape index (κ3) is 4.65. The summed E-state index contributed by atoms with van der Waals surface area (Å²) in [5.41, 5.74) is 3.98. The number of fused-ring (bicyclic) bond motifs is 3. The van der Waals surface area contributed by atoms with Crippen molar-refractivity contribution in [3.05, 3.63) is 80.9 Å². The first-order chi connectivity index (χ1) is 16.0. The van der Waals surface area contributed by atoms with Crippen molar-refractivity contribution < 1.29 is 4.79 Å². The van der Waals surface area contributed by atoms with Gasteiger partial charge in [0.15, 0.2) is 0 Å². The van der Waals surface area contributed by atoms with Gasteiger partial charge in [-0.05, 0) is 68.4 Å². The molecule has 33 heavy (non-hydrogen) atoms. The molecule has 0 saturated carbocycles. The number of thioether (sulfide) groups is 1. The number of amides is 1. The number of carbonyl (C=O) groups is 1. The van der Waals surface area contributed by atoms with Crippen molar-refractivity contribution in [2.75, 3.05) is 5.32 Å². The third-order valence-corrected chi connectivity index (χ3v) is 8.74. The average Bonchev–Trinajstić information content (AvgIpc) is 3.18. The number of hydrogen-bond donors (Lipinski definition) is 1. The van der Waals surface area contributed by atoms with Crippen LogP contribution in [0.2, 0.25) is 5.02 Å². The number of anilines is 1. The van der Waals surface area contributed by atoms with Gasteiger partial charge in [0.2, 0.25) is 5.91 Å². The lowest BCUT2D eigenvalue weighted by Crippen LogP contribution is -2.19. The zero-order chi connectivity index (χ0) is 22.9. The summed E-state index contributed by atoms with van der Waals surface area (Å²) in [5.74, 6) is 0.640.